The predicted octanol–water partition coefficient (Wildman–Crippen LogP) is 5.11. The molecule has 16 heavy (non-hydrogen) atoms. The molecule has 0 spiro atoms. The lowest BCUT2D eigenvalue weighted by molar-refractivity contribution is 0.133. The van der Waals surface area contributed by atoms with Gasteiger partial charge in [0, 0.05) is 5.38 Å². The fraction of sp³-hybridized carbons (Fsp3) is 0.714. The van der Waals surface area contributed by atoms with E-state index in [4.69, 9.17) is 11.6 Å². The standard InChI is InChI=1S/C14H21ClS/c1-14(2)7-4-3-5-12(14)13(15)9-11-6-8-16-10-11/h6,8,10,12-13H,3-5,7,9H2,1-2H3. The molecule has 1 aliphatic carbocycles. The molecule has 1 aromatic rings. The largest absolute Gasteiger partial charge is 0.152 e. The summed E-state index contributed by atoms with van der Waals surface area (Å²) in [6, 6.07) is 2.20. The van der Waals surface area contributed by atoms with Crippen LogP contribution in [0.25, 0.3) is 0 Å². The van der Waals surface area contributed by atoms with Crippen molar-refractivity contribution < 1.29 is 0 Å². The summed E-state index contributed by atoms with van der Waals surface area (Å²) in [6.45, 7) is 4.78. The number of hydrogen-bond donors (Lipinski definition) is 0. The molecule has 1 heterocycles. The van der Waals surface area contributed by atoms with Crippen molar-refractivity contribution in [2.24, 2.45) is 11.3 Å². The van der Waals surface area contributed by atoms with Crippen molar-refractivity contribution in [2.75, 3.05) is 0 Å². The highest BCUT2D eigenvalue weighted by atomic mass is 35.5. The van der Waals surface area contributed by atoms with Gasteiger partial charge in [-0.1, -0.05) is 26.7 Å². The average molecular weight is 257 g/mol. The highest BCUT2D eigenvalue weighted by molar-refractivity contribution is 7.07. The summed E-state index contributed by atoms with van der Waals surface area (Å²) < 4.78 is 0. The van der Waals surface area contributed by atoms with Crippen LogP contribution in [0.5, 0.6) is 0 Å². The fourth-order valence-corrected chi connectivity index (χ4v) is 4.29. The summed E-state index contributed by atoms with van der Waals surface area (Å²) in [7, 11) is 0. The molecule has 2 rings (SSSR count). The van der Waals surface area contributed by atoms with Gasteiger partial charge in [0.05, 0.1) is 0 Å². The molecular formula is C14H21ClS. The Morgan fingerprint density at radius 1 is 1.50 bits per heavy atom. The maximum Gasteiger partial charge on any atom is 0.0409 e. The monoisotopic (exact) mass is 256 g/mol. The van der Waals surface area contributed by atoms with Gasteiger partial charge in [0.15, 0.2) is 0 Å². The molecule has 1 saturated carbocycles. The Morgan fingerprint density at radius 3 is 2.94 bits per heavy atom. The Hall–Kier alpha value is -0.0100. The molecule has 2 unspecified atom stereocenters. The van der Waals surface area contributed by atoms with Crippen LogP contribution in [0.4, 0.5) is 0 Å². The molecule has 2 heteroatoms. The lowest BCUT2D eigenvalue weighted by Crippen LogP contribution is -2.35. The lowest BCUT2D eigenvalue weighted by Gasteiger charge is -2.41. The summed E-state index contributed by atoms with van der Waals surface area (Å²) in [4.78, 5) is 0. The zero-order chi connectivity index (χ0) is 11.6. The van der Waals surface area contributed by atoms with E-state index in [9.17, 15) is 0 Å². The summed E-state index contributed by atoms with van der Waals surface area (Å²) >= 11 is 8.41. The van der Waals surface area contributed by atoms with E-state index in [0.29, 0.717) is 16.7 Å². The van der Waals surface area contributed by atoms with Crippen molar-refractivity contribution >= 4 is 22.9 Å². The van der Waals surface area contributed by atoms with E-state index in [0.717, 1.165) is 6.42 Å². The SMILES string of the molecule is CC1(C)CCCCC1C(Cl)Cc1ccsc1. The minimum Gasteiger partial charge on any atom is -0.152 e. The number of thiophene rings is 1. The van der Waals surface area contributed by atoms with Crippen molar-refractivity contribution in [1.82, 2.24) is 0 Å². The van der Waals surface area contributed by atoms with Gasteiger partial charge in [-0.25, -0.2) is 0 Å². The number of halogens is 1. The molecule has 0 N–H and O–H groups in total. The Labute approximate surface area is 108 Å². The topological polar surface area (TPSA) is 0 Å². The van der Waals surface area contributed by atoms with Gasteiger partial charge in [-0.3, -0.25) is 0 Å². The summed E-state index contributed by atoms with van der Waals surface area (Å²) in [6.07, 6.45) is 6.43. The molecule has 0 nitrogen and oxygen atoms in total. The Bertz CT molecular complexity index is 315. The highest BCUT2D eigenvalue weighted by Gasteiger charge is 2.36. The van der Waals surface area contributed by atoms with E-state index in [1.165, 1.54) is 31.2 Å². The second kappa shape index (κ2) is 5.10. The first-order valence-corrected chi connectivity index (χ1v) is 7.63. The Balaban J connectivity index is 2.00. The van der Waals surface area contributed by atoms with Gasteiger partial charge >= 0.3 is 0 Å². The number of alkyl halides is 1. The number of hydrogen-bond acceptors (Lipinski definition) is 1. The van der Waals surface area contributed by atoms with E-state index in [1.54, 1.807) is 11.3 Å². The molecular weight excluding hydrogens is 236 g/mol. The van der Waals surface area contributed by atoms with Crippen molar-refractivity contribution in [3.63, 3.8) is 0 Å². The van der Waals surface area contributed by atoms with Crippen LogP contribution >= 0.6 is 22.9 Å². The van der Waals surface area contributed by atoms with Crippen molar-refractivity contribution in [3.05, 3.63) is 22.4 Å². The van der Waals surface area contributed by atoms with E-state index < -0.39 is 0 Å². The first-order valence-electron chi connectivity index (χ1n) is 6.25. The van der Waals surface area contributed by atoms with Crippen LogP contribution in [0.3, 0.4) is 0 Å². The van der Waals surface area contributed by atoms with Crippen LogP contribution in [0.2, 0.25) is 0 Å². The maximum absolute atomic E-state index is 6.64. The van der Waals surface area contributed by atoms with Gasteiger partial charge in [-0.15, -0.1) is 11.6 Å². The predicted molar refractivity (Wildman–Crippen MR) is 73.4 cm³/mol. The molecule has 90 valence electrons. The van der Waals surface area contributed by atoms with Crippen molar-refractivity contribution in [2.45, 2.75) is 51.3 Å². The van der Waals surface area contributed by atoms with E-state index >= 15 is 0 Å². The Kier molecular flexibility index (Phi) is 3.97. The third kappa shape index (κ3) is 2.81. The second-order valence-electron chi connectivity index (χ2n) is 5.69. The smallest absolute Gasteiger partial charge is 0.0409 e. The normalized spacial score (nSPS) is 26.6. The maximum atomic E-state index is 6.64. The van der Waals surface area contributed by atoms with E-state index in [1.807, 2.05) is 0 Å². The van der Waals surface area contributed by atoms with E-state index in [2.05, 4.69) is 30.7 Å². The molecule has 1 aromatic heterocycles. The molecule has 0 saturated heterocycles. The van der Waals surface area contributed by atoms with E-state index in [-0.39, 0.29) is 0 Å². The lowest BCUT2D eigenvalue weighted by atomic mass is 9.67. The third-order valence-corrected chi connectivity index (χ3v) is 5.23. The molecule has 0 aliphatic heterocycles. The van der Waals surface area contributed by atoms with Gasteiger partial charge in [0.1, 0.15) is 0 Å². The van der Waals surface area contributed by atoms with Crippen LogP contribution in [0.1, 0.15) is 45.1 Å². The molecule has 2 atom stereocenters. The second-order valence-corrected chi connectivity index (χ2v) is 7.03. The summed E-state index contributed by atoms with van der Waals surface area (Å²) in [5.74, 6) is 0.683. The van der Waals surface area contributed by atoms with Gasteiger partial charge in [-0.2, -0.15) is 11.3 Å². The molecule has 1 fully saturated rings. The quantitative estimate of drug-likeness (QED) is 0.659. The third-order valence-electron chi connectivity index (χ3n) is 4.04. The first-order chi connectivity index (χ1) is 7.59. The van der Waals surface area contributed by atoms with Crippen LogP contribution in [0.15, 0.2) is 16.8 Å². The van der Waals surface area contributed by atoms with Gasteiger partial charge in [0.25, 0.3) is 0 Å². The van der Waals surface area contributed by atoms with Gasteiger partial charge < -0.3 is 0 Å². The number of rotatable bonds is 3. The highest BCUT2D eigenvalue weighted by Crippen LogP contribution is 2.44. The van der Waals surface area contributed by atoms with Crippen LogP contribution < -0.4 is 0 Å². The summed E-state index contributed by atoms with van der Waals surface area (Å²) in [5, 5.41) is 4.68. The van der Waals surface area contributed by atoms with Crippen molar-refractivity contribution in [3.8, 4) is 0 Å². The fourth-order valence-electron chi connectivity index (χ4n) is 2.97. The van der Waals surface area contributed by atoms with Gasteiger partial charge in [0.2, 0.25) is 0 Å². The molecule has 0 amide bonds. The van der Waals surface area contributed by atoms with Gasteiger partial charge in [-0.05, 0) is 53.0 Å². The molecule has 0 bridgehead atoms. The average Bonchev–Trinajstić information content (AvgIpc) is 2.69. The molecule has 0 aromatic carbocycles. The van der Waals surface area contributed by atoms with Crippen molar-refractivity contribution in [1.29, 1.82) is 0 Å². The van der Waals surface area contributed by atoms with Crippen LogP contribution in [-0.2, 0) is 6.42 Å². The molecule has 0 radical (unpaired) electrons. The first kappa shape index (κ1) is 12.4. The summed E-state index contributed by atoms with van der Waals surface area (Å²) in [5.41, 5.74) is 1.84. The minimum atomic E-state index is 0.310. The van der Waals surface area contributed by atoms with Crippen LogP contribution in [0, 0.1) is 11.3 Å². The zero-order valence-electron chi connectivity index (χ0n) is 10.2. The Morgan fingerprint density at radius 2 is 2.31 bits per heavy atom. The zero-order valence-corrected chi connectivity index (χ0v) is 11.8. The molecule has 1 aliphatic rings. The van der Waals surface area contributed by atoms with Crippen LogP contribution in [-0.4, -0.2) is 5.38 Å². The minimum absolute atomic E-state index is 0.310.